The van der Waals surface area contributed by atoms with Crippen LogP contribution in [0.2, 0.25) is 0 Å². The summed E-state index contributed by atoms with van der Waals surface area (Å²) in [4.78, 5) is 22.7. The Balaban J connectivity index is 2.42. The maximum absolute atomic E-state index is 11.5. The predicted molar refractivity (Wildman–Crippen MR) is 64.1 cm³/mol. The van der Waals surface area contributed by atoms with Crippen molar-refractivity contribution in [3.63, 3.8) is 0 Å². The van der Waals surface area contributed by atoms with Gasteiger partial charge in [0.05, 0.1) is 6.10 Å². The molecular formula is C12H18N2O4. The van der Waals surface area contributed by atoms with Crippen LogP contribution in [0.5, 0.6) is 0 Å². The zero-order chi connectivity index (χ0) is 13.5. The van der Waals surface area contributed by atoms with E-state index in [1.165, 1.54) is 0 Å². The third-order valence-corrected chi connectivity index (χ3v) is 2.05. The molecule has 1 N–H and O–H groups in total. The SMILES string of the molecule is CCCc1cc(C(=O)OCC(=O)OC(C)C)n[nH]1. The molecule has 1 heterocycles. The van der Waals surface area contributed by atoms with E-state index in [4.69, 9.17) is 9.47 Å². The van der Waals surface area contributed by atoms with Gasteiger partial charge in [-0.3, -0.25) is 5.10 Å². The molecule has 0 radical (unpaired) electrons. The Morgan fingerprint density at radius 1 is 1.44 bits per heavy atom. The highest BCUT2D eigenvalue weighted by Crippen LogP contribution is 2.04. The number of ether oxygens (including phenoxy) is 2. The van der Waals surface area contributed by atoms with Crippen LogP contribution in [-0.2, 0) is 20.7 Å². The van der Waals surface area contributed by atoms with Crippen molar-refractivity contribution >= 4 is 11.9 Å². The van der Waals surface area contributed by atoms with Crippen LogP contribution in [0, 0.1) is 0 Å². The first kappa shape index (κ1) is 14.2. The number of nitrogens with zero attached hydrogens (tertiary/aromatic N) is 1. The number of aromatic nitrogens is 2. The monoisotopic (exact) mass is 254 g/mol. The molecule has 18 heavy (non-hydrogen) atoms. The largest absolute Gasteiger partial charge is 0.460 e. The summed E-state index contributed by atoms with van der Waals surface area (Å²) in [7, 11) is 0. The van der Waals surface area contributed by atoms with E-state index in [1.807, 2.05) is 6.92 Å². The Labute approximate surface area is 106 Å². The standard InChI is InChI=1S/C12H18N2O4/c1-4-5-9-6-10(14-13-9)12(16)17-7-11(15)18-8(2)3/h6,8H,4-5,7H2,1-3H3,(H,13,14). The summed E-state index contributed by atoms with van der Waals surface area (Å²) in [6.07, 6.45) is 1.55. The molecule has 0 amide bonds. The number of carbonyl (C=O) groups excluding carboxylic acids is 2. The summed E-state index contributed by atoms with van der Waals surface area (Å²) in [6.45, 7) is 5.09. The zero-order valence-corrected chi connectivity index (χ0v) is 10.9. The van der Waals surface area contributed by atoms with Gasteiger partial charge < -0.3 is 9.47 Å². The lowest BCUT2D eigenvalue weighted by atomic mass is 10.2. The van der Waals surface area contributed by atoms with Gasteiger partial charge >= 0.3 is 11.9 Å². The molecule has 0 saturated heterocycles. The minimum absolute atomic E-state index is 0.177. The average molecular weight is 254 g/mol. The highest BCUT2D eigenvalue weighted by atomic mass is 16.6. The lowest BCUT2D eigenvalue weighted by molar-refractivity contribution is -0.150. The van der Waals surface area contributed by atoms with Gasteiger partial charge in [0.1, 0.15) is 0 Å². The molecule has 0 saturated carbocycles. The quantitative estimate of drug-likeness (QED) is 0.777. The van der Waals surface area contributed by atoms with Crippen LogP contribution in [0.3, 0.4) is 0 Å². The van der Waals surface area contributed by atoms with E-state index < -0.39 is 18.5 Å². The lowest BCUT2D eigenvalue weighted by Gasteiger charge is -2.07. The van der Waals surface area contributed by atoms with E-state index in [0.29, 0.717) is 0 Å². The fourth-order valence-corrected chi connectivity index (χ4v) is 1.36. The Bertz CT molecular complexity index is 412. The molecule has 0 spiro atoms. The molecule has 0 aromatic carbocycles. The van der Waals surface area contributed by atoms with Gasteiger partial charge in [0.2, 0.25) is 0 Å². The van der Waals surface area contributed by atoms with Gasteiger partial charge in [0, 0.05) is 5.69 Å². The first-order valence-electron chi connectivity index (χ1n) is 5.93. The van der Waals surface area contributed by atoms with Crippen molar-refractivity contribution in [3.8, 4) is 0 Å². The molecule has 6 heteroatoms. The predicted octanol–water partition coefficient (Wildman–Crippen LogP) is 1.47. The van der Waals surface area contributed by atoms with Crippen molar-refractivity contribution in [2.24, 2.45) is 0 Å². The summed E-state index contributed by atoms with van der Waals surface area (Å²) < 4.78 is 9.62. The highest BCUT2D eigenvalue weighted by Gasteiger charge is 2.14. The lowest BCUT2D eigenvalue weighted by Crippen LogP contribution is -2.19. The first-order valence-corrected chi connectivity index (χ1v) is 5.93. The van der Waals surface area contributed by atoms with Crippen LogP contribution in [0.15, 0.2) is 6.07 Å². The summed E-state index contributed by atoms with van der Waals surface area (Å²) in [5, 5.41) is 6.56. The fourth-order valence-electron chi connectivity index (χ4n) is 1.36. The van der Waals surface area contributed by atoms with Crippen LogP contribution in [0.25, 0.3) is 0 Å². The van der Waals surface area contributed by atoms with Crippen molar-refractivity contribution < 1.29 is 19.1 Å². The number of aryl methyl sites for hydroxylation is 1. The van der Waals surface area contributed by atoms with E-state index in [2.05, 4.69) is 10.2 Å². The summed E-state index contributed by atoms with van der Waals surface area (Å²) in [5.74, 6) is -1.20. The van der Waals surface area contributed by atoms with Crippen molar-refractivity contribution in [1.29, 1.82) is 0 Å². The number of hydrogen-bond donors (Lipinski definition) is 1. The van der Waals surface area contributed by atoms with Crippen LogP contribution < -0.4 is 0 Å². The Kier molecular flexibility index (Phi) is 5.35. The van der Waals surface area contributed by atoms with Crippen LogP contribution in [-0.4, -0.2) is 34.8 Å². The Morgan fingerprint density at radius 3 is 2.78 bits per heavy atom. The van der Waals surface area contributed by atoms with Gasteiger partial charge in [-0.2, -0.15) is 5.10 Å². The van der Waals surface area contributed by atoms with Gasteiger partial charge in [0.15, 0.2) is 12.3 Å². The number of carbonyl (C=O) groups is 2. The first-order chi connectivity index (χ1) is 8.52. The minimum Gasteiger partial charge on any atom is -0.460 e. The molecule has 6 nitrogen and oxygen atoms in total. The Hall–Kier alpha value is -1.85. The van der Waals surface area contributed by atoms with Crippen LogP contribution >= 0.6 is 0 Å². The van der Waals surface area contributed by atoms with Crippen LogP contribution in [0.4, 0.5) is 0 Å². The second kappa shape index (κ2) is 6.78. The third kappa shape index (κ3) is 4.57. The number of hydrogen-bond acceptors (Lipinski definition) is 5. The van der Waals surface area contributed by atoms with Crippen molar-refractivity contribution in [2.45, 2.75) is 39.7 Å². The Morgan fingerprint density at radius 2 is 2.17 bits per heavy atom. The molecule has 0 aliphatic heterocycles. The van der Waals surface area contributed by atoms with Crippen molar-refractivity contribution in [3.05, 3.63) is 17.5 Å². The maximum atomic E-state index is 11.5. The summed E-state index contributed by atoms with van der Waals surface area (Å²) in [5.41, 5.74) is 1.05. The number of H-pyrrole nitrogens is 1. The molecule has 1 rings (SSSR count). The maximum Gasteiger partial charge on any atom is 0.359 e. The van der Waals surface area contributed by atoms with Gasteiger partial charge in [-0.1, -0.05) is 13.3 Å². The molecule has 0 aliphatic carbocycles. The molecule has 0 atom stereocenters. The van der Waals surface area contributed by atoms with E-state index in [1.54, 1.807) is 19.9 Å². The third-order valence-electron chi connectivity index (χ3n) is 2.05. The van der Waals surface area contributed by atoms with E-state index in [0.717, 1.165) is 18.5 Å². The van der Waals surface area contributed by atoms with Crippen molar-refractivity contribution in [2.75, 3.05) is 6.61 Å². The normalized spacial score (nSPS) is 10.4. The average Bonchev–Trinajstić information content (AvgIpc) is 2.74. The highest BCUT2D eigenvalue weighted by molar-refractivity contribution is 5.88. The molecule has 0 aliphatic rings. The van der Waals surface area contributed by atoms with Gasteiger partial charge in [0.25, 0.3) is 0 Å². The molecule has 0 bridgehead atoms. The smallest absolute Gasteiger partial charge is 0.359 e. The summed E-state index contributed by atoms with van der Waals surface area (Å²) in [6, 6.07) is 1.62. The molecule has 100 valence electrons. The second-order valence-electron chi connectivity index (χ2n) is 4.14. The zero-order valence-electron chi connectivity index (χ0n) is 10.9. The number of rotatable bonds is 6. The van der Waals surface area contributed by atoms with Gasteiger partial charge in [-0.25, -0.2) is 9.59 Å². The molecular weight excluding hydrogens is 236 g/mol. The van der Waals surface area contributed by atoms with E-state index in [-0.39, 0.29) is 11.8 Å². The molecule has 0 unspecified atom stereocenters. The van der Waals surface area contributed by atoms with Crippen molar-refractivity contribution in [1.82, 2.24) is 10.2 Å². The second-order valence-corrected chi connectivity index (χ2v) is 4.14. The molecule has 1 aromatic rings. The topological polar surface area (TPSA) is 81.3 Å². The van der Waals surface area contributed by atoms with E-state index in [9.17, 15) is 9.59 Å². The minimum atomic E-state index is -0.630. The van der Waals surface area contributed by atoms with Gasteiger partial charge in [-0.15, -0.1) is 0 Å². The summed E-state index contributed by atoms with van der Waals surface area (Å²) >= 11 is 0. The van der Waals surface area contributed by atoms with Gasteiger partial charge in [-0.05, 0) is 26.3 Å². The van der Waals surface area contributed by atoms with E-state index >= 15 is 0 Å². The number of aromatic amines is 1. The molecule has 0 fully saturated rings. The van der Waals surface area contributed by atoms with Crippen LogP contribution in [0.1, 0.15) is 43.4 Å². The number of nitrogens with one attached hydrogen (secondary N) is 1. The fraction of sp³-hybridized carbons (Fsp3) is 0.583. The number of esters is 2. The molecule has 1 aromatic heterocycles.